The maximum atomic E-state index is 9.90. The van der Waals surface area contributed by atoms with Crippen LogP contribution in [0, 0.1) is 6.92 Å². The van der Waals surface area contributed by atoms with Gasteiger partial charge in [0.1, 0.15) is 0 Å². The van der Waals surface area contributed by atoms with Crippen molar-refractivity contribution in [3.63, 3.8) is 0 Å². The van der Waals surface area contributed by atoms with Gasteiger partial charge in [0.2, 0.25) is 0 Å². The van der Waals surface area contributed by atoms with Crippen LogP contribution in [0.25, 0.3) is 0 Å². The smallest absolute Gasteiger partial charge is 0.0719 e. The molecule has 0 saturated heterocycles. The lowest BCUT2D eigenvalue weighted by Gasteiger charge is -2.12. The fraction of sp³-hybridized carbons (Fsp3) is 0.750. The van der Waals surface area contributed by atoms with Crippen molar-refractivity contribution in [2.45, 2.75) is 51.8 Å². The van der Waals surface area contributed by atoms with Gasteiger partial charge in [0.15, 0.2) is 0 Å². The summed E-state index contributed by atoms with van der Waals surface area (Å²) in [5, 5.41) is 17.6. The van der Waals surface area contributed by atoms with E-state index in [-0.39, 0.29) is 6.10 Å². The lowest BCUT2D eigenvalue weighted by Crippen LogP contribution is -2.30. The summed E-state index contributed by atoms with van der Waals surface area (Å²) in [5.74, 6) is 0. The number of aryl methyl sites for hydroxylation is 2. The molecule has 0 spiro atoms. The van der Waals surface area contributed by atoms with Crippen molar-refractivity contribution in [3.05, 3.63) is 17.5 Å². The summed E-state index contributed by atoms with van der Waals surface area (Å²) in [7, 11) is 0. The molecule has 4 nitrogen and oxygen atoms in total. The average Bonchev–Trinajstić information content (AvgIpc) is 3.00. The van der Waals surface area contributed by atoms with Crippen LogP contribution in [-0.2, 0) is 13.0 Å². The van der Waals surface area contributed by atoms with Gasteiger partial charge in [0.05, 0.1) is 11.8 Å². The number of nitrogens with one attached hydrogen (secondary N) is 1. The fourth-order valence-corrected chi connectivity index (χ4v) is 1.94. The Labute approximate surface area is 96.7 Å². The predicted octanol–water partition coefficient (Wildman–Crippen LogP) is 0.867. The van der Waals surface area contributed by atoms with Crippen LogP contribution in [0.4, 0.5) is 0 Å². The summed E-state index contributed by atoms with van der Waals surface area (Å²) in [6.07, 6.45) is 2.91. The lowest BCUT2D eigenvalue weighted by atomic mass is 10.2. The normalized spacial score (nSPS) is 17.7. The van der Waals surface area contributed by atoms with E-state index in [1.165, 1.54) is 12.8 Å². The first-order chi connectivity index (χ1) is 7.69. The lowest BCUT2D eigenvalue weighted by molar-refractivity contribution is 0.168. The standard InChI is InChI=1S/C12H21N3O/c1-3-15-11(6-9(2)14-15)7-12(16)8-13-10-4-5-10/h6,10,12-13,16H,3-5,7-8H2,1-2H3. The van der Waals surface area contributed by atoms with Gasteiger partial charge in [-0.05, 0) is 32.8 Å². The van der Waals surface area contributed by atoms with Crippen LogP contribution >= 0.6 is 0 Å². The van der Waals surface area contributed by atoms with Gasteiger partial charge in [-0.25, -0.2) is 0 Å². The number of aromatic nitrogens is 2. The maximum absolute atomic E-state index is 9.90. The molecule has 1 saturated carbocycles. The van der Waals surface area contributed by atoms with E-state index in [0.29, 0.717) is 19.0 Å². The summed E-state index contributed by atoms with van der Waals surface area (Å²) in [5.41, 5.74) is 2.16. The zero-order valence-electron chi connectivity index (χ0n) is 10.1. The highest BCUT2D eigenvalue weighted by Crippen LogP contribution is 2.18. The van der Waals surface area contributed by atoms with Crippen molar-refractivity contribution in [2.24, 2.45) is 0 Å². The zero-order valence-corrected chi connectivity index (χ0v) is 10.1. The van der Waals surface area contributed by atoms with Crippen molar-refractivity contribution in [1.82, 2.24) is 15.1 Å². The highest BCUT2D eigenvalue weighted by molar-refractivity contribution is 5.10. The molecule has 90 valence electrons. The Morgan fingerprint density at radius 3 is 3.00 bits per heavy atom. The molecule has 1 heterocycles. The van der Waals surface area contributed by atoms with Gasteiger partial charge in [0.25, 0.3) is 0 Å². The second kappa shape index (κ2) is 4.97. The van der Waals surface area contributed by atoms with Gasteiger partial charge in [-0.2, -0.15) is 5.10 Å². The molecule has 16 heavy (non-hydrogen) atoms. The first kappa shape index (κ1) is 11.6. The monoisotopic (exact) mass is 223 g/mol. The molecule has 0 amide bonds. The largest absolute Gasteiger partial charge is 0.391 e. The van der Waals surface area contributed by atoms with E-state index in [4.69, 9.17) is 0 Å². The first-order valence-electron chi connectivity index (χ1n) is 6.13. The summed E-state index contributed by atoms with van der Waals surface area (Å²) >= 11 is 0. The molecular weight excluding hydrogens is 202 g/mol. The number of aliphatic hydroxyl groups is 1. The van der Waals surface area contributed by atoms with E-state index in [0.717, 1.165) is 17.9 Å². The SMILES string of the molecule is CCn1nc(C)cc1CC(O)CNC1CC1. The molecule has 0 aliphatic heterocycles. The van der Waals surface area contributed by atoms with Gasteiger partial charge in [-0.15, -0.1) is 0 Å². The Balaban J connectivity index is 1.85. The van der Waals surface area contributed by atoms with Crippen molar-refractivity contribution < 1.29 is 5.11 Å². The molecular formula is C12H21N3O. The van der Waals surface area contributed by atoms with E-state index < -0.39 is 0 Å². The molecule has 1 unspecified atom stereocenters. The molecule has 0 aromatic carbocycles. The van der Waals surface area contributed by atoms with E-state index in [1.54, 1.807) is 0 Å². The summed E-state index contributed by atoms with van der Waals surface area (Å²) < 4.78 is 1.97. The van der Waals surface area contributed by atoms with Crippen LogP contribution in [0.1, 0.15) is 31.2 Å². The number of hydrogen-bond donors (Lipinski definition) is 2. The minimum Gasteiger partial charge on any atom is -0.391 e. The molecule has 1 aliphatic rings. The van der Waals surface area contributed by atoms with Crippen LogP contribution in [0.2, 0.25) is 0 Å². The third-order valence-corrected chi connectivity index (χ3v) is 2.95. The highest BCUT2D eigenvalue weighted by Gasteiger charge is 2.21. The Kier molecular flexibility index (Phi) is 3.61. The quantitative estimate of drug-likeness (QED) is 0.752. The maximum Gasteiger partial charge on any atom is 0.0719 e. The molecule has 1 atom stereocenters. The van der Waals surface area contributed by atoms with Gasteiger partial charge < -0.3 is 10.4 Å². The van der Waals surface area contributed by atoms with Gasteiger partial charge in [-0.1, -0.05) is 0 Å². The van der Waals surface area contributed by atoms with Crippen LogP contribution in [0.5, 0.6) is 0 Å². The summed E-state index contributed by atoms with van der Waals surface area (Å²) in [6.45, 7) is 5.62. The Morgan fingerprint density at radius 1 is 1.62 bits per heavy atom. The first-order valence-corrected chi connectivity index (χ1v) is 6.13. The van der Waals surface area contributed by atoms with Crippen molar-refractivity contribution in [3.8, 4) is 0 Å². The van der Waals surface area contributed by atoms with Crippen LogP contribution < -0.4 is 5.32 Å². The number of rotatable bonds is 6. The molecule has 2 N–H and O–H groups in total. The molecule has 2 rings (SSSR count). The fourth-order valence-electron chi connectivity index (χ4n) is 1.94. The Hall–Kier alpha value is -0.870. The highest BCUT2D eigenvalue weighted by atomic mass is 16.3. The molecule has 1 aromatic heterocycles. The zero-order chi connectivity index (χ0) is 11.5. The Morgan fingerprint density at radius 2 is 2.38 bits per heavy atom. The predicted molar refractivity (Wildman–Crippen MR) is 63.4 cm³/mol. The van der Waals surface area contributed by atoms with E-state index in [9.17, 15) is 5.11 Å². The molecule has 1 fully saturated rings. The second-order valence-electron chi connectivity index (χ2n) is 4.63. The molecule has 1 aliphatic carbocycles. The van der Waals surface area contributed by atoms with Gasteiger partial charge in [-0.3, -0.25) is 4.68 Å². The average molecular weight is 223 g/mol. The Bertz CT molecular complexity index is 344. The van der Waals surface area contributed by atoms with E-state index in [1.807, 2.05) is 11.6 Å². The third-order valence-electron chi connectivity index (χ3n) is 2.95. The van der Waals surface area contributed by atoms with Crippen molar-refractivity contribution in [1.29, 1.82) is 0 Å². The summed E-state index contributed by atoms with van der Waals surface area (Å²) in [6, 6.07) is 2.72. The van der Waals surface area contributed by atoms with Crippen molar-refractivity contribution >= 4 is 0 Å². The molecule has 1 aromatic rings. The third kappa shape index (κ3) is 3.06. The number of aliphatic hydroxyl groups excluding tert-OH is 1. The minimum atomic E-state index is -0.304. The number of hydrogen-bond acceptors (Lipinski definition) is 3. The molecule has 0 bridgehead atoms. The van der Waals surface area contributed by atoms with Gasteiger partial charge in [0, 0.05) is 31.2 Å². The second-order valence-corrected chi connectivity index (χ2v) is 4.63. The molecule has 0 radical (unpaired) electrons. The van der Waals surface area contributed by atoms with Gasteiger partial charge >= 0.3 is 0 Å². The van der Waals surface area contributed by atoms with Crippen LogP contribution in [0.3, 0.4) is 0 Å². The van der Waals surface area contributed by atoms with Crippen LogP contribution in [0.15, 0.2) is 6.07 Å². The summed E-state index contributed by atoms with van der Waals surface area (Å²) in [4.78, 5) is 0. The van der Waals surface area contributed by atoms with Crippen molar-refractivity contribution in [2.75, 3.05) is 6.54 Å². The van der Waals surface area contributed by atoms with E-state index >= 15 is 0 Å². The topological polar surface area (TPSA) is 50.1 Å². The van der Waals surface area contributed by atoms with E-state index in [2.05, 4.69) is 23.4 Å². The van der Waals surface area contributed by atoms with Crippen LogP contribution in [-0.4, -0.2) is 33.6 Å². The minimum absolute atomic E-state index is 0.304. The molecule has 4 heteroatoms. The number of nitrogens with zero attached hydrogens (tertiary/aromatic N) is 2.